The maximum atomic E-state index is 13.3. The number of nitro benzene ring substituents is 1. The number of halogens is 2. The average Bonchev–Trinajstić information content (AvgIpc) is 2.88. The third-order valence-electron chi connectivity index (χ3n) is 5.31. The zero-order chi connectivity index (χ0) is 26.7. The van der Waals surface area contributed by atoms with E-state index in [1.807, 2.05) is 0 Å². The lowest BCUT2D eigenvalue weighted by molar-refractivity contribution is -0.384. The highest BCUT2D eigenvalue weighted by Crippen LogP contribution is 2.35. The zero-order valence-corrected chi connectivity index (χ0v) is 21.4. The molecule has 1 N–H and O–H groups in total. The van der Waals surface area contributed by atoms with Crippen LogP contribution >= 0.6 is 35.4 Å². The molecule has 2 amide bonds. The maximum Gasteiger partial charge on any atom is 0.270 e. The molecule has 0 spiro atoms. The van der Waals surface area contributed by atoms with Gasteiger partial charge in [-0.2, -0.15) is 0 Å². The Kier molecular flexibility index (Phi) is 7.72. The molecular formula is C25H17Cl2N3O6S. The van der Waals surface area contributed by atoms with Crippen molar-refractivity contribution in [1.82, 2.24) is 5.32 Å². The van der Waals surface area contributed by atoms with Crippen LogP contribution in [0.3, 0.4) is 0 Å². The van der Waals surface area contributed by atoms with Gasteiger partial charge >= 0.3 is 0 Å². The standard InChI is InChI=1S/C25H17Cl2N3O6S/c1-35-21-12-15(7-10-20(21)36-13-14-5-8-16(9-6-14)30(33)34)11-17-23(31)28-25(37)29(24(17)32)19-4-2-3-18(26)22(19)27/h2-12H,13H2,1H3,(H,28,31,37)/b17-11+. The van der Waals surface area contributed by atoms with Gasteiger partial charge in [0, 0.05) is 12.1 Å². The van der Waals surface area contributed by atoms with Crippen molar-refractivity contribution < 1.29 is 24.0 Å². The van der Waals surface area contributed by atoms with Crippen molar-refractivity contribution in [3.8, 4) is 11.5 Å². The van der Waals surface area contributed by atoms with Gasteiger partial charge in [0.25, 0.3) is 17.5 Å². The zero-order valence-electron chi connectivity index (χ0n) is 19.1. The number of hydrogen-bond acceptors (Lipinski definition) is 7. The molecule has 3 aromatic rings. The molecule has 0 bridgehead atoms. The van der Waals surface area contributed by atoms with Crippen LogP contribution in [0.5, 0.6) is 11.5 Å². The van der Waals surface area contributed by atoms with Crippen molar-refractivity contribution >= 4 is 69.8 Å². The SMILES string of the molecule is COc1cc(/C=C2\C(=O)NC(=S)N(c3cccc(Cl)c3Cl)C2=O)ccc1OCc1ccc([N+](=O)[O-])cc1. The van der Waals surface area contributed by atoms with Crippen molar-refractivity contribution in [2.75, 3.05) is 12.0 Å². The maximum absolute atomic E-state index is 13.3. The van der Waals surface area contributed by atoms with Gasteiger partial charge < -0.3 is 9.47 Å². The summed E-state index contributed by atoms with van der Waals surface area (Å²) in [6, 6.07) is 15.6. The Bertz CT molecular complexity index is 1460. The van der Waals surface area contributed by atoms with E-state index in [1.54, 1.807) is 48.5 Å². The van der Waals surface area contributed by atoms with Crippen LogP contribution in [0.25, 0.3) is 6.08 Å². The highest BCUT2D eigenvalue weighted by atomic mass is 35.5. The summed E-state index contributed by atoms with van der Waals surface area (Å²) in [5.41, 5.74) is 1.26. The first-order chi connectivity index (χ1) is 17.7. The third-order valence-corrected chi connectivity index (χ3v) is 6.41. The molecule has 1 fully saturated rings. The number of nitrogens with one attached hydrogen (secondary N) is 1. The first-order valence-corrected chi connectivity index (χ1v) is 11.8. The first kappa shape index (κ1) is 26.1. The van der Waals surface area contributed by atoms with Crippen molar-refractivity contribution in [1.29, 1.82) is 0 Å². The van der Waals surface area contributed by atoms with Crippen LogP contribution in [0.15, 0.2) is 66.2 Å². The van der Waals surface area contributed by atoms with Crippen molar-refractivity contribution in [3.63, 3.8) is 0 Å². The molecule has 1 saturated heterocycles. The lowest BCUT2D eigenvalue weighted by Crippen LogP contribution is -2.54. The molecule has 0 aliphatic carbocycles. The predicted molar refractivity (Wildman–Crippen MR) is 143 cm³/mol. The number of non-ortho nitro benzene ring substituents is 1. The van der Waals surface area contributed by atoms with Crippen LogP contribution in [0.2, 0.25) is 10.0 Å². The number of rotatable bonds is 7. The van der Waals surface area contributed by atoms with E-state index >= 15 is 0 Å². The normalized spacial score (nSPS) is 14.5. The monoisotopic (exact) mass is 557 g/mol. The molecule has 0 atom stereocenters. The summed E-state index contributed by atoms with van der Waals surface area (Å²) in [4.78, 5) is 37.3. The minimum atomic E-state index is -0.671. The number of thiocarbonyl (C=S) groups is 1. The number of nitro groups is 1. The Morgan fingerprint density at radius 3 is 2.49 bits per heavy atom. The fourth-order valence-electron chi connectivity index (χ4n) is 3.48. The Balaban J connectivity index is 1.58. The van der Waals surface area contributed by atoms with Crippen LogP contribution in [0, 0.1) is 10.1 Å². The molecule has 188 valence electrons. The summed E-state index contributed by atoms with van der Waals surface area (Å²) in [5.74, 6) is -0.585. The fourth-order valence-corrected chi connectivity index (χ4v) is 4.13. The summed E-state index contributed by atoms with van der Waals surface area (Å²) in [7, 11) is 1.45. The van der Waals surface area contributed by atoms with Crippen molar-refractivity contribution in [3.05, 3.63) is 97.5 Å². The number of carbonyl (C=O) groups excluding carboxylic acids is 2. The minimum absolute atomic E-state index is 0.0167. The Morgan fingerprint density at radius 2 is 1.81 bits per heavy atom. The Morgan fingerprint density at radius 1 is 1.08 bits per heavy atom. The molecule has 0 aromatic heterocycles. The van der Waals surface area contributed by atoms with Gasteiger partial charge in [-0.1, -0.05) is 35.3 Å². The molecule has 4 rings (SSSR count). The number of anilines is 1. The molecule has 0 saturated carbocycles. The molecule has 12 heteroatoms. The topological polar surface area (TPSA) is 111 Å². The lowest BCUT2D eigenvalue weighted by atomic mass is 10.1. The highest BCUT2D eigenvalue weighted by Gasteiger charge is 2.35. The van der Waals surface area contributed by atoms with Gasteiger partial charge in [-0.3, -0.25) is 29.9 Å². The van der Waals surface area contributed by atoms with Gasteiger partial charge in [-0.15, -0.1) is 0 Å². The van der Waals surface area contributed by atoms with E-state index in [2.05, 4.69) is 5.32 Å². The van der Waals surface area contributed by atoms with E-state index in [0.717, 1.165) is 10.5 Å². The van der Waals surface area contributed by atoms with E-state index in [1.165, 1.54) is 25.3 Å². The van der Waals surface area contributed by atoms with E-state index in [4.69, 9.17) is 44.9 Å². The predicted octanol–water partition coefficient (Wildman–Crippen LogP) is 5.32. The number of methoxy groups -OCH3 is 1. The summed E-state index contributed by atoms with van der Waals surface area (Å²) in [5, 5.41) is 13.5. The van der Waals surface area contributed by atoms with Crippen LogP contribution in [-0.2, 0) is 16.2 Å². The van der Waals surface area contributed by atoms with Crippen LogP contribution in [-0.4, -0.2) is 29.0 Å². The van der Waals surface area contributed by atoms with Crippen LogP contribution in [0.1, 0.15) is 11.1 Å². The number of amides is 2. The molecule has 1 aliphatic rings. The second-order valence-electron chi connectivity index (χ2n) is 7.65. The number of nitrogens with zero attached hydrogens (tertiary/aromatic N) is 2. The van der Waals surface area contributed by atoms with E-state index in [-0.39, 0.29) is 38.7 Å². The van der Waals surface area contributed by atoms with Gasteiger partial charge in [0.15, 0.2) is 16.6 Å². The molecular weight excluding hydrogens is 541 g/mol. The van der Waals surface area contributed by atoms with Gasteiger partial charge in [-0.05, 0) is 65.8 Å². The van der Waals surface area contributed by atoms with Gasteiger partial charge in [0.2, 0.25) is 0 Å². The molecule has 9 nitrogen and oxygen atoms in total. The van der Waals surface area contributed by atoms with Crippen molar-refractivity contribution in [2.45, 2.75) is 6.61 Å². The summed E-state index contributed by atoms with van der Waals surface area (Å²) in [6.45, 7) is 0.141. The number of benzene rings is 3. The number of hydrogen-bond donors (Lipinski definition) is 1. The number of ether oxygens (including phenoxy) is 2. The van der Waals surface area contributed by atoms with Gasteiger partial charge in [0.05, 0.1) is 27.8 Å². The second kappa shape index (κ2) is 11.0. The molecule has 1 heterocycles. The smallest absolute Gasteiger partial charge is 0.270 e. The highest BCUT2D eigenvalue weighted by molar-refractivity contribution is 7.80. The average molecular weight is 558 g/mol. The Labute approximate surface area is 226 Å². The molecule has 37 heavy (non-hydrogen) atoms. The lowest BCUT2D eigenvalue weighted by Gasteiger charge is -2.29. The fraction of sp³-hybridized carbons (Fsp3) is 0.0800. The molecule has 1 aliphatic heterocycles. The Hall–Kier alpha value is -3.99. The van der Waals surface area contributed by atoms with Crippen LogP contribution in [0.4, 0.5) is 11.4 Å². The van der Waals surface area contributed by atoms with Gasteiger partial charge in [-0.25, -0.2) is 0 Å². The van der Waals surface area contributed by atoms with Crippen molar-refractivity contribution in [2.24, 2.45) is 0 Å². The van der Waals surface area contributed by atoms with E-state index in [9.17, 15) is 19.7 Å². The summed E-state index contributed by atoms with van der Waals surface area (Å²) in [6.07, 6.45) is 1.40. The minimum Gasteiger partial charge on any atom is -0.493 e. The molecule has 3 aromatic carbocycles. The van der Waals surface area contributed by atoms with Crippen LogP contribution < -0.4 is 19.7 Å². The first-order valence-electron chi connectivity index (χ1n) is 10.6. The third kappa shape index (κ3) is 5.56. The number of carbonyl (C=O) groups is 2. The van der Waals surface area contributed by atoms with E-state index < -0.39 is 16.7 Å². The summed E-state index contributed by atoms with van der Waals surface area (Å²) >= 11 is 17.6. The molecule has 0 radical (unpaired) electrons. The van der Waals surface area contributed by atoms with Gasteiger partial charge in [0.1, 0.15) is 12.2 Å². The quantitative estimate of drug-likeness (QED) is 0.137. The molecule has 0 unspecified atom stereocenters. The summed E-state index contributed by atoms with van der Waals surface area (Å²) < 4.78 is 11.2. The largest absolute Gasteiger partial charge is 0.493 e. The second-order valence-corrected chi connectivity index (χ2v) is 8.83. The van der Waals surface area contributed by atoms with E-state index in [0.29, 0.717) is 17.1 Å².